The molecule has 0 unspecified atom stereocenters. The van der Waals surface area contributed by atoms with Gasteiger partial charge in [-0.05, 0) is 6.92 Å². The number of imidazole rings is 1. The van der Waals surface area contributed by atoms with Crippen molar-refractivity contribution in [1.82, 2.24) is 9.38 Å². The van der Waals surface area contributed by atoms with E-state index in [1.807, 2.05) is 13.1 Å². The van der Waals surface area contributed by atoms with Crippen molar-refractivity contribution in [2.45, 2.75) is 6.92 Å². The average molecular weight is 137 g/mol. The molecule has 2 rings (SSSR count). The van der Waals surface area contributed by atoms with E-state index in [1.54, 1.807) is 10.7 Å². The molecule has 0 aromatic carbocycles. The molecule has 4 nitrogen and oxygen atoms in total. The predicted molar refractivity (Wildman–Crippen MR) is 36.6 cm³/mol. The van der Waals surface area contributed by atoms with Crippen molar-refractivity contribution >= 4 is 11.5 Å². The summed E-state index contributed by atoms with van der Waals surface area (Å²) in [5.41, 5.74) is 6.09. The third-order valence-corrected chi connectivity index (χ3v) is 1.35. The van der Waals surface area contributed by atoms with Crippen LogP contribution in [0.5, 0.6) is 0 Å². The van der Waals surface area contributed by atoms with Gasteiger partial charge < -0.3 is 10.2 Å². The van der Waals surface area contributed by atoms with E-state index in [2.05, 4.69) is 4.98 Å². The number of rotatable bonds is 0. The summed E-state index contributed by atoms with van der Waals surface area (Å²) in [5, 5.41) is 0. The minimum absolute atomic E-state index is 0.438. The minimum atomic E-state index is 0.438. The first-order valence-corrected chi connectivity index (χ1v) is 2.96. The van der Waals surface area contributed by atoms with Crippen molar-refractivity contribution in [1.29, 1.82) is 0 Å². The Morgan fingerprint density at radius 2 is 2.50 bits per heavy atom. The molecule has 0 saturated carbocycles. The van der Waals surface area contributed by atoms with Gasteiger partial charge in [-0.15, -0.1) is 0 Å². The Hall–Kier alpha value is -1.45. The summed E-state index contributed by atoms with van der Waals surface area (Å²) in [5.74, 6) is 1.28. The van der Waals surface area contributed by atoms with Crippen LogP contribution in [0.4, 0.5) is 5.82 Å². The summed E-state index contributed by atoms with van der Waals surface area (Å²) in [6.07, 6.45) is 3.46. The van der Waals surface area contributed by atoms with E-state index in [0.29, 0.717) is 11.5 Å². The minimum Gasteiger partial charge on any atom is -0.440 e. The molecule has 2 heterocycles. The van der Waals surface area contributed by atoms with Gasteiger partial charge in [0.25, 0.3) is 0 Å². The molecule has 10 heavy (non-hydrogen) atoms. The number of aromatic nitrogens is 2. The van der Waals surface area contributed by atoms with Crippen LogP contribution in [0, 0.1) is 6.92 Å². The van der Waals surface area contributed by atoms with E-state index in [9.17, 15) is 0 Å². The van der Waals surface area contributed by atoms with Gasteiger partial charge in [0, 0.05) is 0 Å². The molecule has 0 bridgehead atoms. The Morgan fingerprint density at radius 3 is 3.20 bits per heavy atom. The SMILES string of the molecule is Cc1cn2cnc(N)c2o1. The van der Waals surface area contributed by atoms with E-state index in [0.717, 1.165) is 5.76 Å². The molecule has 2 aromatic rings. The fraction of sp³-hybridized carbons (Fsp3) is 0.167. The summed E-state index contributed by atoms with van der Waals surface area (Å²) in [6.45, 7) is 1.87. The number of nitrogens with two attached hydrogens (primary N) is 1. The zero-order valence-electron chi connectivity index (χ0n) is 5.53. The first kappa shape index (κ1) is 5.34. The fourth-order valence-electron chi connectivity index (χ4n) is 0.936. The molecule has 0 saturated heterocycles. The summed E-state index contributed by atoms with van der Waals surface area (Å²) >= 11 is 0. The first-order valence-electron chi connectivity index (χ1n) is 2.96. The van der Waals surface area contributed by atoms with E-state index in [1.165, 1.54) is 0 Å². The molecule has 2 aromatic heterocycles. The zero-order valence-corrected chi connectivity index (χ0v) is 5.53. The van der Waals surface area contributed by atoms with Gasteiger partial charge in [-0.1, -0.05) is 0 Å². The Labute approximate surface area is 57.3 Å². The lowest BCUT2D eigenvalue weighted by Gasteiger charge is -1.78. The summed E-state index contributed by atoms with van der Waals surface area (Å²) in [4.78, 5) is 3.84. The number of hydrogen-bond donors (Lipinski definition) is 1. The predicted octanol–water partition coefficient (Wildman–Crippen LogP) is 0.818. The lowest BCUT2D eigenvalue weighted by atomic mass is 10.6. The average Bonchev–Trinajstić information content (AvgIpc) is 2.35. The highest BCUT2D eigenvalue weighted by molar-refractivity contribution is 5.57. The van der Waals surface area contributed by atoms with Crippen LogP contribution >= 0.6 is 0 Å². The molecule has 0 fully saturated rings. The summed E-state index contributed by atoms with van der Waals surface area (Å²) in [7, 11) is 0. The number of aryl methyl sites for hydroxylation is 1. The van der Waals surface area contributed by atoms with Gasteiger partial charge in [0.15, 0.2) is 5.82 Å². The molecule has 2 N–H and O–H groups in total. The molecular formula is C6H7N3O. The summed E-state index contributed by atoms with van der Waals surface area (Å²) in [6, 6.07) is 0. The normalized spacial score (nSPS) is 10.9. The van der Waals surface area contributed by atoms with E-state index < -0.39 is 0 Å². The van der Waals surface area contributed by atoms with Gasteiger partial charge in [0.05, 0.1) is 6.20 Å². The third kappa shape index (κ3) is 0.528. The Bertz CT molecular complexity index is 360. The third-order valence-electron chi connectivity index (χ3n) is 1.35. The molecule has 0 aliphatic heterocycles. The van der Waals surface area contributed by atoms with Crippen LogP contribution in [0.2, 0.25) is 0 Å². The van der Waals surface area contributed by atoms with Crippen molar-refractivity contribution in [2.24, 2.45) is 0 Å². The van der Waals surface area contributed by atoms with Gasteiger partial charge in [0.1, 0.15) is 12.1 Å². The molecule has 0 aliphatic carbocycles. The molecule has 0 spiro atoms. The lowest BCUT2D eigenvalue weighted by Crippen LogP contribution is -1.82. The Balaban J connectivity index is 2.90. The Kier molecular flexibility index (Phi) is 0.818. The maximum absolute atomic E-state index is 5.46. The first-order chi connectivity index (χ1) is 4.77. The molecular weight excluding hydrogens is 130 g/mol. The van der Waals surface area contributed by atoms with Gasteiger partial charge in [-0.25, -0.2) is 4.98 Å². The van der Waals surface area contributed by atoms with Crippen molar-refractivity contribution < 1.29 is 4.42 Å². The van der Waals surface area contributed by atoms with Crippen LogP contribution in [-0.2, 0) is 0 Å². The van der Waals surface area contributed by atoms with E-state index in [-0.39, 0.29) is 0 Å². The number of nitrogens with zero attached hydrogens (tertiary/aromatic N) is 2. The van der Waals surface area contributed by atoms with E-state index in [4.69, 9.17) is 10.2 Å². The second-order valence-electron chi connectivity index (χ2n) is 2.18. The fourth-order valence-corrected chi connectivity index (χ4v) is 0.936. The highest BCUT2D eigenvalue weighted by Crippen LogP contribution is 2.13. The number of fused-ring (bicyclic) bond motifs is 1. The largest absolute Gasteiger partial charge is 0.440 e. The van der Waals surface area contributed by atoms with Crippen LogP contribution in [0.1, 0.15) is 5.76 Å². The van der Waals surface area contributed by atoms with Crippen molar-refractivity contribution in [3.8, 4) is 0 Å². The van der Waals surface area contributed by atoms with Crippen LogP contribution in [-0.4, -0.2) is 9.38 Å². The van der Waals surface area contributed by atoms with E-state index >= 15 is 0 Å². The van der Waals surface area contributed by atoms with Crippen molar-refractivity contribution in [3.05, 3.63) is 18.3 Å². The van der Waals surface area contributed by atoms with Gasteiger partial charge in [-0.3, -0.25) is 4.40 Å². The monoisotopic (exact) mass is 137 g/mol. The number of anilines is 1. The molecule has 0 amide bonds. The van der Waals surface area contributed by atoms with Gasteiger partial charge in [-0.2, -0.15) is 0 Å². The second kappa shape index (κ2) is 1.53. The number of hydrogen-bond acceptors (Lipinski definition) is 3. The molecule has 0 radical (unpaired) electrons. The summed E-state index contributed by atoms with van der Waals surface area (Å²) < 4.78 is 6.97. The quantitative estimate of drug-likeness (QED) is 0.584. The lowest BCUT2D eigenvalue weighted by molar-refractivity contribution is 0.574. The second-order valence-corrected chi connectivity index (χ2v) is 2.18. The van der Waals surface area contributed by atoms with Gasteiger partial charge in [0.2, 0.25) is 5.71 Å². The van der Waals surface area contributed by atoms with Crippen LogP contribution < -0.4 is 5.73 Å². The van der Waals surface area contributed by atoms with Crippen LogP contribution in [0.25, 0.3) is 5.71 Å². The maximum Gasteiger partial charge on any atom is 0.248 e. The molecule has 52 valence electrons. The highest BCUT2D eigenvalue weighted by Gasteiger charge is 2.03. The number of oxazole rings is 1. The number of nitrogen functional groups attached to an aromatic ring is 1. The Morgan fingerprint density at radius 1 is 1.70 bits per heavy atom. The molecule has 0 atom stereocenters. The highest BCUT2D eigenvalue weighted by atomic mass is 16.3. The topological polar surface area (TPSA) is 56.5 Å². The van der Waals surface area contributed by atoms with Crippen molar-refractivity contribution in [3.63, 3.8) is 0 Å². The maximum atomic E-state index is 5.46. The van der Waals surface area contributed by atoms with Crippen LogP contribution in [0.3, 0.4) is 0 Å². The smallest absolute Gasteiger partial charge is 0.248 e. The van der Waals surface area contributed by atoms with Crippen LogP contribution in [0.15, 0.2) is 16.9 Å². The van der Waals surface area contributed by atoms with Gasteiger partial charge >= 0.3 is 0 Å². The molecule has 0 aliphatic rings. The zero-order chi connectivity index (χ0) is 7.14. The van der Waals surface area contributed by atoms with Crippen molar-refractivity contribution in [2.75, 3.05) is 5.73 Å². The molecule has 4 heteroatoms. The standard InChI is InChI=1S/C6H7N3O/c1-4-2-9-3-8-5(7)6(9)10-4/h2-3H,7H2,1H3.